The number of alkyl halides is 3. The first kappa shape index (κ1) is 14.0. The van der Waals surface area contributed by atoms with Crippen molar-refractivity contribution in [3.8, 4) is 0 Å². The van der Waals surface area contributed by atoms with Gasteiger partial charge in [-0.1, -0.05) is 41.4 Å². The Balaban J connectivity index is 4.27. The van der Waals surface area contributed by atoms with Gasteiger partial charge in [-0.15, -0.1) is 0 Å². The number of rotatable bonds is 3. The van der Waals surface area contributed by atoms with Crippen LogP contribution in [-0.2, 0) is 9.53 Å². The van der Waals surface area contributed by atoms with Crippen LogP contribution in [0.3, 0.4) is 0 Å². The van der Waals surface area contributed by atoms with Crippen molar-refractivity contribution in [1.29, 1.82) is 0 Å². The van der Waals surface area contributed by atoms with E-state index < -0.39 is 22.2 Å². The lowest BCUT2D eigenvalue weighted by atomic mass is 10.3. The molecule has 0 aromatic heterocycles. The van der Waals surface area contributed by atoms with Crippen LogP contribution >= 0.6 is 34.8 Å². The molecule has 0 aromatic rings. The van der Waals surface area contributed by atoms with Gasteiger partial charge in [0.1, 0.15) is 6.61 Å². The number of carbonyl (C=O) groups is 1. The first-order valence-electron chi connectivity index (χ1n) is 3.42. The molecule has 0 aromatic carbocycles. The van der Waals surface area contributed by atoms with Gasteiger partial charge >= 0.3 is 5.97 Å². The number of halogens is 3. The van der Waals surface area contributed by atoms with Crippen LogP contribution in [0.15, 0.2) is 12.2 Å². The van der Waals surface area contributed by atoms with Gasteiger partial charge in [-0.2, -0.15) is 0 Å². The molecule has 0 aliphatic rings. The molecule has 82 valence electrons. The van der Waals surface area contributed by atoms with Gasteiger partial charge in [0.2, 0.25) is 9.58 Å². The molecule has 0 fully saturated rings. The predicted octanol–water partition coefficient (Wildman–Crippen LogP) is 1.16. The maximum Gasteiger partial charge on any atom is 0.333 e. The predicted molar refractivity (Wildman–Crippen MR) is 53.2 cm³/mol. The Morgan fingerprint density at radius 3 is 2.14 bits per heavy atom. The quantitative estimate of drug-likeness (QED) is 0.347. The van der Waals surface area contributed by atoms with Crippen molar-refractivity contribution < 1.29 is 19.7 Å². The summed E-state index contributed by atoms with van der Waals surface area (Å²) in [6.07, 6.45) is 0. The van der Waals surface area contributed by atoms with Gasteiger partial charge in [-0.25, -0.2) is 4.79 Å². The third kappa shape index (κ3) is 4.02. The first-order valence-corrected chi connectivity index (χ1v) is 4.55. The zero-order chi connectivity index (χ0) is 11.6. The third-order valence-electron chi connectivity index (χ3n) is 1.21. The molecule has 0 unspecified atom stereocenters. The summed E-state index contributed by atoms with van der Waals surface area (Å²) in [6, 6.07) is 0. The lowest BCUT2D eigenvalue weighted by Crippen LogP contribution is -2.47. The summed E-state index contributed by atoms with van der Waals surface area (Å²) in [4.78, 5) is 10.8. The molecule has 0 spiro atoms. The Bertz CT molecular complexity index is 244. The van der Waals surface area contributed by atoms with E-state index in [0.29, 0.717) is 0 Å². The molecule has 0 heterocycles. The smallest absolute Gasteiger partial charge is 0.333 e. The fraction of sp³-hybridized carbons (Fsp3) is 0.571. The molecule has 0 rings (SSSR count). The molecule has 0 radical (unpaired) electrons. The van der Waals surface area contributed by atoms with Crippen LogP contribution in [0.5, 0.6) is 0 Å². The molecular weight excluding hydrogens is 254 g/mol. The normalized spacial score (nSPS) is 12.4. The van der Waals surface area contributed by atoms with E-state index in [1.54, 1.807) is 0 Å². The van der Waals surface area contributed by atoms with Crippen molar-refractivity contribution >= 4 is 40.8 Å². The standard InChI is InChI=1S/C7H9Cl3O4/c1-4(2)5(11)14-3-6(12,13)7(8,9)10/h12-13H,1,3H2,2H3. The Kier molecular flexibility index (Phi) is 4.68. The molecule has 14 heavy (non-hydrogen) atoms. The molecule has 0 aliphatic heterocycles. The number of ether oxygens (including phenoxy) is 1. The second-order valence-electron chi connectivity index (χ2n) is 2.67. The number of carbonyl (C=O) groups excluding carboxylic acids is 1. The van der Waals surface area contributed by atoms with Crippen molar-refractivity contribution in [2.75, 3.05) is 6.61 Å². The summed E-state index contributed by atoms with van der Waals surface area (Å²) in [7, 11) is 0. The maximum atomic E-state index is 10.8. The zero-order valence-corrected chi connectivity index (χ0v) is 9.53. The van der Waals surface area contributed by atoms with Gasteiger partial charge in [0.25, 0.3) is 0 Å². The molecule has 7 heteroatoms. The largest absolute Gasteiger partial charge is 0.456 e. The molecule has 0 aliphatic carbocycles. The van der Waals surface area contributed by atoms with E-state index in [1.165, 1.54) is 6.92 Å². The van der Waals surface area contributed by atoms with Gasteiger partial charge in [-0.3, -0.25) is 0 Å². The minimum absolute atomic E-state index is 0.102. The van der Waals surface area contributed by atoms with Gasteiger partial charge in [0.05, 0.1) is 0 Å². The van der Waals surface area contributed by atoms with Crippen LogP contribution in [0, 0.1) is 0 Å². The average molecular weight is 264 g/mol. The van der Waals surface area contributed by atoms with Gasteiger partial charge in [-0.05, 0) is 6.92 Å². The monoisotopic (exact) mass is 262 g/mol. The summed E-state index contributed by atoms with van der Waals surface area (Å²) in [5.74, 6) is -3.53. The summed E-state index contributed by atoms with van der Waals surface area (Å²) in [5.41, 5.74) is 0.102. The van der Waals surface area contributed by atoms with Crippen molar-refractivity contribution in [2.45, 2.75) is 16.5 Å². The summed E-state index contributed by atoms with van der Waals surface area (Å²) >= 11 is 15.6. The summed E-state index contributed by atoms with van der Waals surface area (Å²) < 4.78 is 2.04. The molecule has 4 nitrogen and oxygen atoms in total. The molecule has 0 atom stereocenters. The minimum atomic E-state index is -2.73. The Morgan fingerprint density at radius 2 is 1.86 bits per heavy atom. The topological polar surface area (TPSA) is 66.8 Å². The molecule has 0 saturated heterocycles. The maximum absolute atomic E-state index is 10.8. The van der Waals surface area contributed by atoms with Crippen LogP contribution in [0.25, 0.3) is 0 Å². The van der Waals surface area contributed by atoms with Gasteiger partial charge in [0, 0.05) is 5.57 Å². The lowest BCUT2D eigenvalue weighted by Gasteiger charge is -2.27. The van der Waals surface area contributed by atoms with E-state index in [-0.39, 0.29) is 5.57 Å². The fourth-order valence-electron chi connectivity index (χ4n) is 0.371. The highest BCUT2D eigenvalue weighted by atomic mass is 35.6. The van der Waals surface area contributed by atoms with E-state index in [2.05, 4.69) is 11.3 Å². The average Bonchev–Trinajstić information content (AvgIpc) is 1.97. The second kappa shape index (κ2) is 4.68. The van der Waals surface area contributed by atoms with Crippen LogP contribution in [0.2, 0.25) is 0 Å². The lowest BCUT2D eigenvalue weighted by molar-refractivity contribution is -0.197. The fourth-order valence-corrected chi connectivity index (χ4v) is 0.535. The third-order valence-corrected chi connectivity index (χ3v) is 2.11. The Morgan fingerprint density at radius 1 is 1.43 bits per heavy atom. The Hall–Kier alpha value is -0.000000000000000111. The number of esters is 1. The Labute approximate surface area is 96.0 Å². The first-order chi connectivity index (χ1) is 6.08. The zero-order valence-electron chi connectivity index (χ0n) is 7.26. The molecular formula is C7H9Cl3O4. The van der Waals surface area contributed by atoms with Crippen LogP contribution in [0.4, 0.5) is 0 Å². The van der Waals surface area contributed by atoms with E-state index in [4.69, 9.17) is 45.0 Å². The van der Waals surface area contributed by atoms with Crippen LogP contribution < -0.4 is 0 Å². The van der Waals surface area contributed by atoms with Gasteiger partial charge < -0.3 is 14.9 Å². The highest BCUT2D eigenvalue weighted by Gasteiger charge is 2.47. The van der Waals surface area contributed by atoms with Crippen molar-refractivity contribution in [3.63, 3.8) is 0 Å². The minimum Gasteiger partial charge on any atom is -0.456 e. The summed E-state index contributed by atoms with van der Waals surface area (Å²) in [5, 5.41) is 18.3. The number of aliphatic hydroxyl groups is 2. The molecule has 0 amide bonds. The molecule has 2 N–H and O–H groups in total. The molecule has 0 saturated carbocycles. The van der Waals surface area contributed by atoms with E-state index >= 15 is 0 Å². The number of hydrogen-bond donors (Lipinski definition) is 2. The van der Waals surface area contributed by atoms with E-state index in [0.717, 1.165) is 0 Å². The van der Waals surface area contributed by atoms with Crippen molar-refractivity contribution in [1.82, 2.24) is 0 Å². The van der Waals surface area contributed by atoms with E-state index in [9.17, 15) is 4.79 Å². The van der Waals surface area contributed by atoms with E-state index in [1.807, 2.05) is 0 Å². The van der Waals surface area contributed by atoms with Gasteiger partial charge in [0.15, 0.2) is 0 Å². The highest BCUT2D eigenvalue weighted by molar-refractivity contribution is 6.68. The SMILES string of the molecule is C=C(C)C(=O)OCC(O)(O)C(Cl)(Cl)Cl. The van der Waals surface area contributed by atoms with Crippen LogP contribution in [0.1, 0.15) is 6.92 Å². The second-order valence-corrected chi connectivity index (χ2v) is 4.95. The van der Waals surface area contributed by atoms with Crippen molar-refractivity contribution in [2.24, 2.45) is 0 Å². The number of hydrogen-bond acceptors (Lipinski definition) is 4. The van der Waals surface area contributed by atoms with Crippen molar-refractivity contribution in [3.05, 3.63) is 12.2 Å². The highest BCUT2D eigenvalue weighted by Crippen LogP contribution is 2.36. The molecule has 0 bridgehead atoms. The van der Waals surface area contributed by atoms with Crippen LogP contribution in [-0.4, -0.2) is 32.4 Å². The summed E-state index contributed by atoms with van der Waals surface area (Å²) in [6.45, 7) is 3.83.